The lowest BCUT2D eigenvalue weighted by Gasteiger charge is -2.15. The molecule has 1 aliphatic heterocycles. The van der Waals surface area contributed by atoms with Crippen LogP contribution in [-0.2, 0) is 9.53 Å². The molecule has 1 saturated heterocycles. The van der Waals surface area contributed by atoms with Crippen LogP contribution in [0.5, 0.6) is 0 Å². The maximum Gasteiger partial charge on any atom is 0.222 e. The van der Waals surface area contributed by atoms with Gasteiger partial charge in [-0.25, -0.2) is 0 Å². The van der Waals surface area contributed by atoms with E-state index in [0.717, 1.165) is 25.9 Å². The molecule has 0 spiro atoms. The Morgan fingerprint density at radius 3 is 3.00 bits per heavy atom. The fraction of sp³-hybridized carbons (Fsp3) is 0.909. The van der Waals surface area contributed by atoms with E-state index in [1.807, 2.05) is 11.8 Å². The van der Waals surface area contributed by atoms with Crippen molar-refractivity contribution in [2.45, 2.75) is 26.2 Å². The minimum absolute atomic E-state index is 0.197. The lowest BCUT2D eigenvalue weighted by atomic mass is 10.1. The monoisotopic (exact) mass is 215 g/mol. The summed E-state index contributed by atoms with van der Waals surface area (Å²) in [7, 11) is 0. The van der Waals surface area contributed by atoms with Gasteiger partial charge in [0.1, 0.15) is 0 Å². The highest BCUT2D eigenvalue weighted by molar-refractivity contribution is 5.76. The van der Waals surface area contributed by atoms with Crippen LogP contribution in [0.4, 0.5) is 0 Å². The molecule has 1 rings (SSSR count). The van der Waals surface area contributed by atoms with Crippen molar-refractivity contribution in [1.82, 2.24) is 4.90 Å². The minimum Gasteiger partial charge on any atom is -0.396 e. The molecule has 0 aliphatic carbocycles. The van der Waals surface area contributed by atoms with Gasteiger partial charge < -0.3 is 14.7 Å². The lowest BCUT2D eigenvalue weighted by Crippen LogP contribution is -2.29. The van der Waals surface area contributed by atoms with Crippen molar-refractivity contribution in [3.05, 3.63) is 0 Å². The summed E-state index contributed by atoms with van der Waals surface area (Å²) in [6, 6.07) is 0. The van der Waals surface area contributed by atoms with Crippen LogP contribution in [-0.4, -0.2) is 48.8 Å². The molecule has 4 nitrogen and oxygen atoms in total. The predicted molar refractivity (Wildman–Crippen MR) is 57.5 cm³/mol. The zero-order valence-electron chi connectivity index (χ0n) is 9.45. The van der Waals surface area contributed by atoms with E-state index in [1.54, 1.807) is 0 Å². The van der Waals surface area contributed by atoms with Gasteiger partial charge >= 0.3 is 0 Å². The fourth-order valence-electron chi connectivity index (χ4n) is 1.84. The first kappa shape index (κ1) is 12.5. The molecule has 1 unspecified atom stereocenters. The molecule has 0 saturated carbocycles. The minimum atomic E-state index is 0.197. The highest BCUT2D eigenvalue weighted by Gasteiger charge is 2.24. The topological polar surface area (TPSA) is 49.8 Å². The molecule has 15 heavy (non-hydrogen) atoms. The van der Waals surface area contributed by atoms with E-state index in [9.17, 15) is 4.79 Å². The third-order valence-electron chi connectivity index (χ3n) is 2.78. The third-order valence-corrected chi connectivity index (χ3v) is 2.78. The molecule has 0 aromatic heterocycles. The van der Waals surface area contributed by atoms with Gasteiger partial charge in [0.25, 0.3) is 0 Å². The molecule has 1 heterocycles. The highest BCUT2D eigenvalue weighted by atomic mass is 16.5. The van der Waals surface area contributed by atoms with Crippen LogP contribution in [0.1, 0.15) is 26.2 Å². The van der Waals surface area contributed by atoms with E-state index in [-0.39, 0.29) is 12.5 Å². The predicted octanol–water partition coefficient (Wildman–Crippen LogP) is 0.644. The number of hydrogen-bond donors (Lipinski definition) is 1. The molecule has 1 amide bonds. The Kier molecular flexibility index (Phi) is 5.65. The molecule has 0 bridgehead atoms. The molecule has 1 atom stereocenters. The number of rotatable bonds is 6. The van der Waals surface area contributed by atoms with Crippen molar-refractivity contribution in [2.75, 3.05) is 32.9 Å². The van der Waals surface area contributed by atoms with Gasteiger partial charge in [-0.1, -0.05) is 0 Å². The van der Waals surface area contributed by atoms with Crippen LogP contribution in [0.3, 0.4) is 0 Å². The largest absolute Gasteiger partial charge is 0.396 e. The number of aliphatic hydroxyl groups is 1. The molecule has 88 valence electrons. The summed E-state index contributed by atoms with van der Waals surface area (Å²) < 4.78 is 5.18. The molecule has 1 fully saturated rings. The van der Waals surface area contributed by atoms with Gasteiger partial charge in [-0.2, -0.15) is 0 Å². The van der Waals surface area contributed by atoms with Crippen molar-refractivity contribution in [1.29, 1.82) is 0 Å². The van der Waals surface area contributed by atoms with Gasteiger partial charge in [-0.15, -0.1) is 0 Å². The van der Waals surface area contributed by atoms with Crippen LogP contribution in [0.25, 0.3) is 0 Å². The number of aliphatic hydroxyl groups excluding tert-OH is 1. The number of carbonyl (C=O) groups excluding carboxylic acids is 1. The summed E-state index contributed by atoms with van der Waals surface area (Å²) in [4.78, 5) is 13.5. The molecule has 1 N–H and O–H groups in total. The van der Waals surface area contributed by atoms with Gasteiger partial charge in [0.05, 0.1) is 0 Å². The molecule has 0 radical (unpaired) electrons. The summed E-state index contributed by atoms with van der Waals surface area (Å²) >= 11 is 0. The van der Waals surface area contributed by atoms with E-state index in [2.05, 4.69) is 0 Å². The van der Waals surface area contributed by atoms with Crippen molar-refractivity contribution in [3.8, 4) is 0 Å². The SMILES string of the molecule is CCOCCCC(=O)N1CCC(CO)C1. The zero-order chi connectivity index (χ0) is 11.1. The number of amides is 1. The van der Waals surface area contributed by atoms with Crippen LogP contribution < -0.4 is 0 Å². The van der Waals surface area contributed by atoms with Crippen LogP contribution >= 0.6 is 0 Å². The first-order chi connectivity index (χ1) is 7.27. The lowest BCUT2D eigenvalue weighted by molar-refractivity contribution is -0.130. The van der Waals surface area contributed by atoms with E-state index in [0.29, 0.717) is 25.6 Å². The first-order valence-electron chi connectivity index (χ1n) is 5.74. The Labute approximate surface area is 91.2 Å². The fourth-order valence-corrected chi connectivity index (χ4v) is 1.84. The quantitative estimate of drug-likeness (QED) is 0.662. The summed E-state index contributed by atoms with van der Waals surface area (Å²) in [5.41, 5.74) is 0. The van der Waals surface area contributed by atoms with Crippen LogP contribution in [0.2, 0.25) is 0 Å². The number of likely N-dealkylation sites (tertiary alicyclic amines) is 1. The average molecular weight is 215 g/mol. The van der Waals surface area contributed by atoms with E-state index >= 15 is 0 Å². The summed E-state index contributed by atoms with van der Waals surface area (Å²) in [5.74, 6) is 0.492. The van der Waals surface area contributed by atoms with Gasteiger partial charge in [-0.05, 0) is 19.8 Å². The Morgan fingerprint density at radius 2 is 2.40 bits per heavy atom. The Bertz CT molecular complexity index is 196. The van der Waals surface area contributed by atoms with Gasteiger partial charge in [0, 0.05) is 45.2 Å². The Morgan fingerprint density at radius 1 is 1.60 bits per heavy atom. The van der Waals surface area contributed by atoms with Crippen LogP contribution in [0.15, 0.2) is 0 Å². The second-order valence-electron chi connectivity index (χ2n) is 3.98. The number of hydrogen-bond acceptors (Lipinski definition) is 3. The maximum atomic E-state index is 11.7. The Hall–Kier alpha value is -0.610. The summed E-state index contributed by atoms with van der Waals surface area (Å²) in [6.07, 6.45) is 2.30. The molecule has 0 aromatic carbocycles. The standard InChI is InChI=1S/C11H21NO3/c1-2-15-7-3-4-11(14)12-6-5-10(8-12)9-13/h10,13H,2-9H2,1H3. The Balaban J connectivity index is 2.12. The summed E-state index contributed by atoms with van der Waals surface area (Å²) in [6.45, 7) is 5.06. The van der Waals surface area contributed by atoms with E-state index < -0.39 is 0 Å². The number of nitrogens with zero attached hydrogens (tertiary/aromatic N) is 1. The molecule has 1 aliphatic rings. The molecule has 0 aromatic rings. The third kappa shape index (κ3) is 4.18. The van der Waals surface area contributed by atoms with Crippen molar-refractivity contribution in [2.24, 2.45) is 5.92 Å². The highest BCUT2D eigenvalue weighted by Crippen LogP contribution is 2.16. The maximum absolute atomic E-state index is 11.7. The molecule has 4 heteroatoms. The first-order valence-corrected chi connectivity index (χ1v) is 5.74. The zero-order valence-corrected chi connectivity index (χ0v) is 9.45. The van der Waals surface area contributed by atoms with Gasteiger partial charge in [0.15, 0.2) is 0 Å². The second-order valence-corrected chi connectivity index (χ2v) is 3.98. The average Bonchev–Trinajstić information content (AvgIpc) is 2.72. The number of carbonyl (C=O) groups is 1. The van der Waals surface area contributed by atoms with Gasteiger partial charge in [-0.3, -0.25) is 4.79 Å². The van der Waals surface area contributed by atoms with Crippen LogP contribution in [0, 0.1) is 5.92 Å². The van der Waals surface area contributed by atoms with Crippen molar-refractivity contribution in [3.63, 3.8) is 0 Å². The number of ether oxygens (including phenoxy) is 1. The smallest absolute Gasteiger partial charge is 0.222 e. The normalized spacial score (nSPS) is 20.9. The van der Waals surface area contributed by atoms with E-state index in [1.165, 1.54) is 0 Å². The van der Waals surface area contributed by atoms with Gasteiger partial charge in [0.2, 0.25) is 5.91 Å². The van der Waals surface area contributed by atoms with Crippen molar-refractivity contribution < 1.29 is 14.6 Å². The van der Waals surface area contributed by atoms with E-state index in [4.69, 9.17) is 9.84 Å². The molecular weight excluding hydrogens is 194 g/mol. The summed E-state index contributed by atoms with van der Waals surface area (Å²) in [5, 5.41) is 8.95. The van der Waals surface area contributed by atoms with Crippen molar-refractivity contribution >= 4 is 5.91 Å². The second kappa shape index (κ2) is 6.80. The molecular formula is C11H21NO3.